The van der Waals surface area contributed by atoms with Gasteiger partial charge in [0, 0.05) is 25.6 Å². The Kier molecular flexibility index (Phi) is 6.45. The van der Waals surface area contributed by atoms with Gasteiger partial charge in [0.2, 0.25) is 11.8 Å². The van der Waals surface area contributed by atoms with E-state index < -0.39 is 0 Å². The van der Waals surface area contributed by atoms with Gasteiger partial charge in [-0.15, -0.1) is 0 Å². The van der Waals surface area contributed by atoms with E-state index in [4.69, 9.17) is 0 Å². The Morgan fingerprint density at radius 3 is 2.70 bits per heavy atom. The summed E-state index contributed by atoms with van der Waals surface area (Å²) in [5.41, 5.74) is 0.210. The van der Waals surface area contributed by atoms with Crippen molar-refractivity contribution in [3.05, 3.63) is 0 Å². The van der Waals surface area contributed by atoms with Crippen LogP contribution < -0.4 is 10.6 Å². The van der Waals surface area contributed by atoms with Gasteiger partial charge in [-0.2, -0.15) is 0 Å². The number of amides is 2. The normalized spacial score (nSPS) is 25.7. The maximum absolute atomic E-state index is 12.5. The van der Waals surface area contributed by atoms with Crippen molar-refractivity contribution in [3.63, 3.8) is 0 Å². The van der Waals surface area contributed by atoms with Gasteiger partial charge >= 0.3 is 0 Å². The lowest BCUT2D eigenvalue weighted by atomic mass is 9.81. The predicted molar refractivity (Wildman–Crippen MR) is 92.0 cm³/mol. The summed E-state index contributed by atoms with van der Waals surface area (Å²) in [6.45, 7) is 10.5. The molecule has 0 aliphatic carbocycles. The second kappa shape index (κ2) is 8.13. The van der Waals surface area contributed by atoms with E-state index >= 15 is 0 Å². The second-order valence-corrected chi connectivity index (χ2v) is 7.71. The number of nitrogens with zero attached hydrogens (tertiary/aromatic N) is 1. The molecule has 2 saturated heterocycles. The summed E-state index contributed by atoms with van der Waals surface area (Å²) in [6, 6.07) is 0. The van der Waals surface area contributed by atoms with Gasteiger partial charge in [0.15, 0.2) is 0 Å². The third-order valence-corrected chi connectivity index (χ3v) is 5.64. The third kappa shape index (κ3) is 4.93. The molecule has 0 spiro atoms. The van der Waals surface area contributed by atoms with E-state index in [1.165, 1.54) is 0 Å². The molecule has 0 aromatic carbocycles. The number of rotatable bonds is 5. The molecule has 0 aromatic rings. The highest BCUT2D eigenvalue weighted by atomic mass is 16.2. The van der Waals surface area contributed by atoms with Crippen LogP contribution >= 0.6 is 0 Å². The first kappa shape index (κ1) is 18.2. The van der Waals surface area contributed by atoms with Gasteiger partial charge in [-0.3, -0.25) is 9.59 Å². The maximum atomic E-state index is 12.5. The summed E-state index contributed by atoms with van der Waals surface area (Å²) in [7, 11) is 0. The van der Waals surface area contributed by atoms with Crippen LogP contribution in [0.1, 0.15) is 52.9 Å². The molecule has 0 saturated carbocycles. The van der Waals surface area contributed by atoms with Gasteiger partial charge in [-0.25, -0.2) is 0 Å². The zero-order valence-electron chi connectivity index (χ0n) is 15.0. The largest absolute Gasteiger partial charge is 0.355 e. The molecule has 2 atom stereocenters. The average molecular weight is 323 g/mol. The highest BCUT2D eigenvalue weighted by molar-refractivity contribution is 5.82. The Morgan fingerprint density at radius 1 is 1.35 bits per heavy atom. The number of likely N-dealkylation sites (tertiary alicyclic amines) is 1. The summed E-state index contributed by atoms with van der Waals surface area (Å²) < 4.78 is 0. The van der Waals surface area contributed by atoms with Crippen LogP contribution in [0.2, 0.25) is 0 Å². The summed E-state index contributed by atoms with van der Waals surface area (Å²) in [4.78, 5) is 26.8. The second-order valence-electron chi connectivity index (χ2n) is 7.71. The molecule has 2 unspecified atom stereocenters. The number of piperidine rings is 2. The highest BCUT2D eigenvalue weighted by Crippen LogP contribution is 2.27. The van der Waals surface area contributed by atoms with E-state index in [1.807, 2.05) is 18.7 Å². The van der Waals surface area contributed by atoms with Gasteiger partial charge in [-0.1, -0.05) is 20.8 Å². The van der Waals surface area contributed by atoms with Crippen molar-refractivity contribution in [3.8, 4) is 0 Å². The molecule has 2 aliphatic heterocycles. The fraction of sp³-hybridized carbons (Fsp3) is 0.889. The van der Waals surface area contributed by atoms with Crippen LogP contribution in [0.15, 0.2) is 0 Å². The number of carbonyl (C=O) groups is 2. The Morgan fingerprint density at radius 2 is 2.04 bits per heavy atom. The number of hydrogen-bond acceptors (Lipinski definition) is 3. The first-order valence-electron chi connectivity index (χ1n) is 9.22. The summed E-state index contributed by atoms with van der Waals surface area (Å²) in [6.07, 6.45) is 4.90. The van der Waals surface area contributed by atoms with Crippen molar-refractivity contribution in [2.45, 2.75) is 52.9 Å². The lowest BCUT2D eigenvalue weighted by Crippen LogP contribution is -2.49. The lowest BCUT2D eigenvalue weighted by molar-refractivity contribution is -0.139. The zero-order chi connectivity index (χ0) is 16.9. The van der Waals surface area contributed by atoms with Crippen LogP contribution in [0.5, 0.6) is 0 Å². The van der Waals surface area contributed by atoms with Crippen molar-refractivity contribution in [2.24, 2.45) is 17.3 Å². The molecule has 5 nitrogen and oxygen atoms in total. The summed E-state index contributed by atoms with van der Waals surface area (Å²) >= 11 is 0. The van der Waals surface area contributed by atoms with E-state index in [1.54, 1.807) is 0 Å². The molecular weight excluding hydrogens is 290 g/mol. The van der Waals surface area contributed by atoms with Crippen LogP contribution in [-0.2, 0) is 9.59 Å². The molecule has 5 heteroatoms. The van der Waals surface area contributed by atoms with Crippen LogP contribution in [0.25, 0.3) is 0 Å². The Hall–Kier alpha value is -1.10. The Labute approximate surface area is 140 Å². The molecule has 2 fully saturated rings. The van der Waals surface area contributed by atoms with Crippen molar-refractivity contribution in [1.29, 1.82) is 0 Å². The van der Waals surface area contributed by atoms with Crippen LogP contribution in [-0.4, -0.2) is 49.4 Å². The Balaban J connectivity index is 1.83. The van der Waals surface area contributed by atoms with Gasteiger partial charge in [0.25, 0.3) is 0 Å². The minimum absolute atomic E-state index is 0.0397. The number of nitrogens with one attached hydrogen (secondary N) is 2. The molecule has 0 radical (unpaired) electrons. The molecule has 0 aromatic heterocycles. The number of hydrogen-bond donors (Lipinski definition) is 2. The molecule has 2 amide bonds. The topological polar surface area (TPSA) is 61.4 Å². The molecule has 2 N–H and O–H groups in total. The minimum atomic E-state index is -0.0397. The molecular formula is C18H33N3O2. The van der Waals surface area contributed by atoms with Gasteiger partial charge in [0.1, 0.15) is 0 Å². The summed E-state index contributed by atoms with van der Waals surface area (Å²) in [5, 5.41) is 6.53. The van der Waals surface area contributed by atoms with Crippen molar-refractivity contribution >= 4 is 11.8 Å². The lowest BCUT2D eigenvalue weighted by Gasteiger charge is -2.36. The molecule has 2 rings (SSSR count). The van der Waals surface area contributed by atoms with Crippen molar-refractivity contribution in [1.82, 2.24) is 15.5 Å². The fourth-order valence-corrected chi connectivity index (χ4v) is 3.53. The van der Waals surface area contributed by atoms with E-state index in [-0.39, 0.29) is 29.1 Å². The van der Waals surface area contributed by atoms with Gasteiger partial charge in [0.05, 0.1) is 5.92 Å². The predicted octanol–water partition coefficient (Wildman–Crippen LogP) is 1.78. The van der Waals surface area contributed by atoms with Crippen molar-refractivity contribution < 1.29 is 9.59 Å². The van der Waals surface area contributed by atoms with Crippen LogP contribution in [0.4, 0.5) is 0 Å². The smallest absolute Gasteiger partial charge is 0.225 e. The molecule has 2 aliphatic rings. The quantitative estimate of drug-likeness (QED) is 0.811. The molecule has 132 valence electrons. The average Bonchev–Trinajstić information content (AvgIpc) is 2.59. The standard InChI is InChI=1S/C18H33N3O2/c1-4-14(2)17(23)21-11-5-6-15(12-21)16(22)20-13-18(3)7-9-19-10-8-18/h14-15,19H,4-13H2,1-3H3,(H,20,22). The highest BCUT2D eigenvalue weighted by Gasteiger charge is 2.32. The Bertz CT molecular complexity index is 418. The van der Waals surface area contributed by atoms with Crippen LogP contribution in [0.3, 0.4) is 0 Å². The minimum Gasteiger partial charge on any atom is -0.355 e. The van der Waals surface area contributed by atoms with E-state index in [0.29, 0.717) is 6.54 Å². The van der Waals surface area contributed by atoms with E-state index in [2.05, 4.69) is 17.6 Å². The van der Waals surface area contributed by atoms with Gasteiger partial charge in [-0.05, 0) is 50.6 Å². The van der Waals surface area contributed by atoms with Crippen LogP contribution in [0, 0.1) is 17.3 Å². The summed E-state index contributed by atoms with van der Waals surface area (Å²) in [5.74, 6) is 0.356. The first-order chi connectivity index (χ1) is 10.9. The molecule has 23 heavy (non-hydrogen) atoms. The first-order valence-corrected chi connectivity index (χ1v) is 9.22. The SMILES string of the molecule is CCC(C)C(=O)N1CCCC(C(=O)NCC2(C)CCNCC2)C1. The maximum Gasteiger partial charge on any atom is 0.225 e. The van der Waals surface area contributed by atoms with Gasteiger partial charge < -0.3 is 15.5 Å². The number of carbonyl (C=O) groups excluding carboxylic acids is 2. The van der Waals surface area contributed by atoms with E-state index in [9.17, 15) is 9.59 Å². The van der Waals surface area contributed by atoms with Crippen molar-refractivity contribution in [2.75, 3.05) is 32.7 Å². The molecule has 2 heterocycles. The monoisotopic (exact) mass is 323 g/mol. The zero-order valence-corrected chi connectivity index (χ0v) is 15.0. The fourth-order valence-electron chi connectivity index (χ4n) is 3.53. The third-order valence-electron chi connectivity index (χ3n) is 5.64. The molecule has 0 bridgehead atoms. The van der Waals surface area contributed by atoms with E-state index in [0.717, 1.165) is 58.3 Å².